The van der Waals surface area contributed by atoms with Gasteiger partial charge in [-0.05, 0) is 24.1 Å². The van der Waals surface area contributed by atoms with Crippen LogP contribution in [0.15, 0.2) is 60.8 Å². The zero-order valence-electron chi connectivity index (χ0n) is 12.9. The van der Waals surface area contributed by atoms with Gasteiger partial charge in [0, 0.05) is 24.1 Å². The van der Waals surface area contributed by atoms with E-state index in [-0.39, 0.29) is 11.9 Å². The summed E-state index contributed by atoms with van der Waals surface area (Å²) in [4.78, 5) is 17.6. The van der Waals surface area contributed by atoms with E-state index in [1.165, 1.54) is 0 Å². The monoisotopic (exact) mass is 292 g/mol. The summed E-state index contributed by atoms with van der Waals surface area (Å²) >= 11 is 0. The number of carbonyl (C=O) groups excluding carboxylic acids is 1. The molecule has 0 saturated carbocycles. The number of nitrogens with zero attached hydrogens (tertiary/aromatic N) is 1. The predicted molar refractivity (Wildman–Crippen MR) is 89.6 cm³/mol. The number of carbonyl (C=O) groups is 1. The third-order valence-corrected chi connectivity index (χ3v) is 4.27. The van der Waals surface area contributed by atoms with Crippen LogP contribution < -0.4 is 0 Å². The van der Waals surface area contributed by atoms with Crippen molar-refractivity contribution in [2.75, 3.05) is 7.05 Å². The largest absolute Gasteiger partial charge is 0.361 e. The number of para-hydroxylation sites is 1. The fraction of sp³-hybridized carbons (Fsp3) is 0.211. The summed E-state index contributed by atoms with van der Waals surface area (Å²) in [7, 11) is 1.87. The molecule has 0 aliphatic carbocycles. The van der Waals surface area contributed by atoms with Crippen LogP contribution in [0, 0.1) is 0 Å². The highest BCUT2D eigenvalue weighted by atomic mass is 16.2. The van der Waals surface area contributed by atoms with Gasteiger partial charge in [0.05, 0.1) is 12.5 Å². The smallest absolute Gasteiger partial charge is 0.227 e. The van der Waals surface area contributed by atoms with Crippen molar-refractivity contribution in [1.29, 1.82) is 0 Å². The Morgan fingerprint density at radius 1 is 1.09 bits per heavy atom. The van der Waals surface area contributed by atoms with E-state index >= 15 is 0 Å². The second kappa shape index (κ2) is 6.06. The summed E-state index contributed by atoms with van der Waals surface area (Å²) in [6.45, 7) is 2.06. The minimum Gasteiger partial charge on any atom is -0.361 e. The first-order chi connectivity index (χ1) is 10.7. The van der Waals surface area contributed by atoms with Crippen molar-refractivity contribution in [3.63, 3.8) is 0 Å². The first-order valence-electron chi connectivity index (χ1n) is 7.52. The van der Waals surface area contributed by atoms with Crippen LogP contribution in [0.3, 0.4) is 0 Å². The lowest BCUT2D eigenvalue weighted by Crippen LogP contribution is -2.30. The van der Waals surface area contributed by atoms with Crippen molar-refractivity contribution < 1.29 is 4.79 Å². The Morgan fingerprint density at radius 3 is 2.55 bits per heavy atom. The van der Waals surface area contributed by atoms with Gasteiger partial charge in [-0.3, -0.25) is 4.79 Å². The van der Waals surface area contributed by atoms with Gasteiger partial charge < -0.3 is 9.88 Å². The van der Waals surface area contributed by atoms with Crippen molar-refractivity contribution in [3.05, 3.63) is 71.9 Å². The molecule has 3 rings (SSSR count). The summed E-state index contributed by atoms with van der Waals surface area (Å²) in [5, 5.41) is 1.12. The van der Waals surface area contributed by atoms with E-state index in [4.69, 9.17) is 0 Å². The summed E-state index contributed by atoms with van der Waals surface area (Å²) in [6, 6.07) is 18.3. The van der Waals surface area contributed by atoms with Gasteiger partial charge in [0.25, 0.3) is 0 Å². The average molecular weight is 292 g/mol. The van der Waals surface area contributed by atoms with Crippen LogP contribution in [0.5, 0.6) is 0 Å². The standard InChI is InChI=1S/C19H20N2O/c1-14(15-8-4-3-5-9-15)21(2)19(22)12-16-13-20-18-11-7-6-10-17(16)18/h3-11,13-14,20H,12H2,1-2H3. The van der Waals surface area contributed by atoms with Gasteiger partial charge in [-0.1, -0.05) is 48.5 Å². The molecule has 0 bridgehead atoms. The SMILES string of the molecule is CC(c1ccccc1)N(C)C(=O)Cc1c[nH]c2ccccc12. The molecule has 1 heterocycles. The van der Waals surface area contributed by atoms with E-state index in [0.717, 1.165) is 22.0 Å². The lowest BCUT2D eigenvalue weighted by atomic mass is 10.1. The number of hydrogen-bond donors (Lipinski definition) is 1. The number of nitrogens with one attached hydrogen (secondary N) is 1. The number of benzene rings is 2. The van der Waals surface area contributed by atoms with E-state index in [0.29, 0.717) is 6.42 Å². The lowest BCUT2D eigenvalue weighted by molar-refractivity contribution is -0.131. The van der Waals surface area contributed by atoms with E-state index in [1.807, 2.05) is 54.5 Å². The molecule has 1 unspecified atom stereocenters. The molecule has 3 aromatic rings. The highest BCUT2D eigenvalue weighted by Crippen LogP contribution is 2.22. The first kappa shape index (κ1) is 14.4. The van der Waals surface area contributed by atoms with Gasteiger partial charge in [-0.2, -0.15) is 0 Å². The highest BCUT2D eigenvalue weighted by Gasteiger charge is 2.18. The summed E-state index contributed by atoms with van der Waals surface area (Å²) < 4.78 is 0. The second-order valence-electron chi connectivity index (χ2n) is 5.63. The zero-order chi connectivity index (χ0) is 15.5. The number of aromatic nitrogens is 1. The summed E-state index contributed by atoms with van der Waals surface area (Å²) in [5.41, 5.74) is 3.27. The highest BCUT2D eigenvalue weighted by molar-refractivity contribution is 5.88. The molecule has 3 nitrogen and oxygen atoms in total. The topological polar surface area (TPSA) is 36.1 Å². The minimum absolute atomic E-state index is 0.0684. The van der Waals surface area contributed by atoms with Crippen molar-refractivity contribution >= 4 is 16.8 Å². The molecule has 0 aliphatic rings. The Morgan fingerprint density at radius 2 is 1.77 bits per heavy atom. The maximum absolute atomic E-state index is 12.6. The van der Waals surface area contributed by atoms with Crippen molar-refractivity contribution in [2.45, 2.75) is 19.4 Å². The zero-order valence-corrected chi connectivity index (χ0v) is 12.9. The molecule has 1 aromatic heterocycles. The van der Waals surface area contributed by atoms with Crippen molar-refractivity contribution in [1.82, 2.24) is 9.88 Å². The molecule has 22 heavy (non-hydrogen) atoms. The maximum Gasteiger partial charge on any atom is 0.227 e. The van der Waals surface area contributed by atoms with E-state index in [1.54, 1.807) is 0 Å². The number of amides is 1. The Labute approximate surface area is 130 Å². The van der Waals surface area contributed by atoms with Gasteiger partial charge in [0.1, 0.15) is 0 Å². The van der Waals surface area contributed by atoms with Gasteiger partial charge >= 0.3 is 0 Å². The fourth-order valence-corrected chi connectivity index (χ4v) is 2.74. The van der Waals surface area contributed by atoms with Crippen LogP contribution in [0.25, 0.3) is 10.9 Å². The van der Waals surface area contributed by atoms with Crippen LogP contribution in [0.2, 0.25) is 0 Å². The molecule has 0 spiro atoms. The Balaban J connectivity index is 1.76. The molecule has 1 N–H and O–H groups in total. The van der Waals surface area contributed by atoms with Crippen LogP contribution in [-0.4, -0.2) is 22.8 Å². The number of rotatable bonds is 4. The quantitative estimate of drug-likeness (QED) is 0.777. The number of aromatic amines is 1. The van der Waals surface area contributed by atoms with Crippen molar-refractivity contribution in [3.8, 4) is 0 Å². The second-order valence-corrected chi connectivity index (χ2v) is 5.63. The van der Waals surface area contributed by atoms with Crippen LogP contribution in [0.4, 0.5) is 0 Å². The Hall–Kier alpha value is -2.55. The maximum atomic E-state index is 12.6. The summed E-state index contributed by atoms with van der Waals surface area (Å²) in [6.07, 6.45) is 2.35. The average Bonchev–Trinajstić information content (AvgIpc) is 2.97. The predicted octanol–water partition coefficient (Wildman–Crippen LogP) is 3.93. The molecule has 0 aliphatic heterocycles. The summed E-state index contributed by atoms with van der Waals surface area (Å²) in [5.74, 6) is 0.126. The molecule has 1 amide bonds. The van der Waals surface area contributed by atoms with Crippen LogP contribution in [-0.2, 0) is 11.2 Å². The van der Waals surface area contributed by atoms with Crippen LogP contribution >= 0.6 is 0 Å². The number of likely N-dealkylation sites (N-methyl/N-ethyl adjacent to an activating group) is 1. The normalized spacial score (nSPS) is 12.3. The lowest BCUT2D eigenvalue weighted by Gasteiger charge is -2.25. The molecule has 0 saturated heterocycles. The van der Waals surface area contributed by atoms with Gasteiger partial charge in [0.2, 0.25) is 5.91 Å². The molecule has 0 radical (unpaired) electrons. The third-order valence-electron chi connectivity index (χ3n) is 4.27. The molecule has 2 aromatic carbocycles. The number of H-pyrrole nitrogens is 1. The first-order valence-corrected chi connectivity index (χ1v) is 7.52. The molecule has 1 atom stereocenters. The molecule has 112 valence electrons. The minimum atomic E-state index is 0.0684. The molecular formula is C19H20N2O. The molecule has 3 heteroatoms. The Kier molecular flexibility index (Phi) is 3.96. The molecular weight excluding hydrogens is 272 g/mol. The van der Waals surface area contributed by atoms with E-state index in [9.17, 15) is 4.79 Å². The van der Waals surface area contributed by atoms with Gasteiger partial charge in [-0.25, -0.2) is 0 Å². The van der Waals surface area contributed by atoms with E-state index < -0.39 is 0 Å². The number of fused-ring (bicyclic) bond motifs is 1. The van der Waals surface area contributed by atoms with Crippen LogP contribution in [0.1, 0.15) is 24.1 Å². The molecule has 0 fully saturated rings. The fourth-order valence-electron chi connectivity index (χ4n) is 2.74. The Bertz CT molecular complexity index is 776. The van der Waals surface area contributed by atoms with Gasteiger partial charge in [-0.15, -0.1) is 0 Å². The van der Waals surface area contributed by atoms with Crippen molar-refractivity contribution in [2.24, 2.45) is 0 Å². The van der Waals surface area contributed by atoms with Gasteiger partial charge in [0.15, 0.2) is 0 Å². The third kappa shape index (κ3) is 2.75. The van der Waals surface area contributed by atoms with E-state index in [2.05, 4.69) is 30.1 Å². The number of hydrogen-bond acceptors (Lipinski definition) is 1.